The van der Waals surface area contributed by atoms with Crippen LogP contribution in [0.1, 0.15) is 32.7 Å². The first-order chi connectivity index (χ1) is 13.5. The number of imide groups is 1. The smallest absolute Gasteiger partial charge is 0.314 e. The van der Waals surface area contributed by atoms with Gasteiger partial charge in [0.25, 0.3) is 11.8 Å². The van der Waals surface area contributed by atoms with Gasteiger partial charge in [-0.15, -0.1) is 0 Å². The Labute approximate surface area is 170 Å². The monoisotopic (exact) mass is 447 g/mol. The Morgan fingerprint density at radius 1 is 0.964 bits per heavy atom. The van der Waals surface area contributed by atoms with Crippen molar-refractivity contribution in [2.45, 2.75) is 12.8 Å². The number of nitrogens with one attached hydrogen (secondary N) is 2. The van der Waals surface area contributed by atoms with Crippen molar-refractivity contribution >= 4 is 33.8 Å². The van der Waals surface area contributed by atoms with Gasteiger partial charge in [0, 0.05) is 24.1 Å². The molecule has 1 heterocycles. The fraction of sp³-hybridized carbons (Fsp3) is 0.250. The number of nitrogens with zero attached hydrogens (tertiary/aromatic N) is 1. The highest BCUT2D eigenvalue weighted by Gasteiger charge is 2.34. The number of carbonyl (C=O) groups excluding carboxylic acids is 3. The van der Waals surface area contributed by atoms with E-state index in [1.807, 2.05) is 0 Å². The van der Waals surface area contributed by atoms with E-state index in [9.17, 15) is 18.8 Å². The minimum absolute atomic E-state index is 0.236. The number of amides is 4. The summed E-state index contributed by atoms with van der Waals surface area (Å²) in [6.45, 7) is 0.990. The van der Waals surface area contributed by atoms with Gasteiger partial charge in [-0.05, 0) is 48.7 Å². The van der Waals surface area contributed by atoms with Gasteiger partial charge in [-0.25, -0.2) is 9.18 Å². The van der Waals surface area contributed by atoms with Crippen LogP contribution >= 0.6 is 15.9 Å². The Morgan fingerprint density at radius 3 is 2.39 bits per heavy atom. The van der Waals surface area contributed by atoms with Crippen molar-refractivity contribution in [2.24, 2.45) is 0 Å². The summed E-state index contributed by atoms with van der Waals surface area (Å²) in [6, 6.07) is 10.8. The molecule has 3 rings (SSSR count). The SMILES string of the molecule is O=C(NCCCN1C(=O)c2ccc(Br)cc2C1=O)NCCc1ccc(F)cc1. The molecule has 0 unspecified atom stereocenters. The number of rotatable bonds is 7. The lowest BCUT2D eigenvalue weighted by Gasteiger charge is -2.14. The second kappa shape index (κ2) is 8.97. The summed E-state index contributed by atoms with van der Waals surface area (Å²) >= 11 is 3.30. The Balaban J connectivity index is 1.36. The van der Waals surface area contributed by atoms with E-state index < -0.39 is 0 Å². The molecule has 0 saturated carbocycles. The topological polar surface area (TPSA) is 78.5 Å². The molecule has 146 valence electrons. The second-order valence-electron chi connectivity index (χ2n) is 6.36. The van der Waals surface area contributed by atoms with Crippen LogP contribution in [0, 0.1) is 5.82 Å². The maximum Gasteiger partial charge on any atom is 0.314 e. The molecule has 0 radical (unpaired) electrons. The van der Waals surface area contributed by atoms with Gasteiger partial charge in [-0.2, -0.15) is 0 Å². The normalized spacial score (nSPS) is 12.9. The van der Waals surface area contributed by atoms with Crippen molar-refractivity contribution in [1.29, 1.82) is 0 Å². The van der Waals surface area contributed by atoms with E-state index in [1.54, 1.807) is 30.3 Å². The highest BCUT2D eigenvalue weighted by atomic mass is 79.9. The molecule has 0 fully saturated rings. The van der Waals surface area contributed by atoms with Gasteiger partial charge in [0.1, 0.15) is 5.82 Å². The minimum atomic E-state index is -0.326. The quantitative estimate of drug-likeness (QED) is 0.505. The van der Waals surface area contributed by atoms with Gasteiger partial charge in [0.15, 0.2) is 0 Å². The summed E-state index contributed by atoms with van der Waals surface area (Å²) in [6.07, 6.45) is 1.05. The molecule has 28 heavy (non-hydrogen) atoms. The number of hydrogen-bond acceptors (Lipinski definition) is 3. The fourth-order valence-corrected chi connectivity index (χ4v) is 3.30. The molecule has 1 aliphatic heterocycles. The van der Waals surface area contributed by atoms with E-state index in [-0.39, 0.29) is 30.2 Å². The Hall–Kier alpha value is -2.74. The van der Waals surface area contributed by atoms with E-state index in [0.717, 1.165) is 10.0 Å². The summed E-state index contributed by atoms with van der Waals surface area (Å²) in [5.41, 5.74) is 1.73. The zero-order valence-electron chi connectivity index (χ0n) is 15.0. The lowest BCUT2D eigenvalue weighted by Crippen LogP contribution is -2.38. The van der Waals surface area contributed by atoms with E-state index in [1.165, 1.54) is 17.0 Å². The molecule has 8 heteroatoms. The average molecular weight is 448 g/mol. The van der Waals surface area contributed by atoms with Crippen LogP contribution in [0.2, 0.25) is 0 Å². The van der Waals surface area contributed by atoms with Crippen LogP contribution in [-0.4, -0.2) is 42.4 Å². The van der Waals surface area contributed by atoms with Gasteiger partial charge >= 0.3 is 6.03 Å². The number of urea groups is 1. The first-order valence-electron chi connectivity index (χ1n) is 8.87. The van der Waals surface area contributed by atoms with E-state index in [2.05, 4.69) is 26.6 Å². The molecule has 6 nitrogen and oxygen atoms in total. The van der Waals surface area contributed by atoms with Crippen LogP contribution in [0.4, 0.5) is 9.18 Å². The molecule has 2 N–H and O–H groups in total. The van der Waals surface area contributed by atoms with Crippen LogP contribution in [0.25, 0.3) is 0 Å². The molecule has 0 aromatic heterocycles. The molecule has 0 atom stereocenters. The van der Waals surface area contributed by atoms with E-state index >= 15 is 0 Å². The van der Waals surface area contributed by atoms with Gasteiger partial charge in [-0.1, -0.05) is 28.1 Å². The third-order valence-corrected chi connectivity index (χ3v) is 4.88. The standard InChI is InChI=1S/C20H19BrFN3O3/c21-14-4-7-16-17(12-14)19(27)25(18(16)26)11-1-9-23-20(28)24-10-8-13-2-5-15(22)6-3-13/h2-7,12H,1,8-11H2,(H2,23,24,28). The molecule has 1 aliphatic rings. The lowest BCUT2D eigenvalue weighted by molar-refractivity contribution is 0.0653. The number of carbonyl (C=O) groups is 3. The van der Waals surface area contributed by atoms with Gasteiger partial charge < -0.3 is 10.6 Å². The molecule has 0 aliphatic carbocycles. The van der Waals surface area contributed by atoms with Crippen molar-refractivity contribution in [1.82, 2.24) is 15.5 Å². The summed E-state index contributed by atoms with van der Waals surface area (Å²) in [7, 11) is 0. The number of hydrogen-bond donors (Lipinski definition) is 2. The van der Waals surface area contributed by atoms with Crippen molar-refractivity contribution in [3.63, 3.8) is 0 Å². The maximum absolute atomic E-state index is 12.8. The summed E-state index contributed by atoms with van der Waals surface area (Å²) < 4.78 is 13.6. The molecule has 0 spiro atoms. The molecule has 2 aromatic rings. The summed E-state index contributed by atoms with van der Waals surface area (Å²) in [5, 5.41) is 5.41. The molecule has 0 bridgehead atoms. The van der Waals surface area contributed by atoms with Gasteiger partial charge in [-0.3, -0.25) is 14.5 Å². The fourth-order valence-electron chi connectivity index (χ4n) is 2.94. The molecular weight excluding hydrogens is 429 g/mol. The molecule has 0 saturated heterocycles. The number of halogens is 2. The van der Waals surface area contributed by atoms with Crippen LogP contribution in [0.3, 0.4) is 0 Å². The minimum Gasteiger partial charge on any atom is -0.338 e. The van der Waals surface area contributed by atoms with Crippen LogP contribution in [0.5, 0.6) is 0 Å². The summed E-state index contributed by atoms with van der Waals surface area (Å²) in [5.74, 6) is -0.915. The predicted molar refractivity (Wildman–Crippen MR) is 106 cm³/mol. The maximum atomic E-state index is 12.8. The molecule has 4 amide bonds. The molecular formula is C20H19BrFN3O3. The Morgan fingerprint density at radius 2 is 1.64 bits per heavy atom. The highest BCUT2D eigenvalue weighted by molar-refractivity contribution is 9.10. The first-order valence-corrected chi connectivity index (χ1v) is 9.67. The van der Waals surface area contributed by atoms with Crippen LogP contribution in [0.15, 0.2) is 46.9 Å². The zero-order chi connectivity index (χ0) is 20.1. The molecule has 2 aromatic carbocycles. The van der Waals surface area contributed by atoms with Crippen LogP contribution < -0.4 is 10.6 Å². The lowest BCUT2D eigenvalue weighted by atomic mass is 10.1. The van der Waals surface area contributed by atoms with E-state index in [0.29, 0.717) is 37.1 Å². The average Bonchev–Trinajstić information content (AvgIpc) is 2.90. The number of benzene rings is 2. The first kappa shape index (κ1) is 20.0. The van der Waals surface area contributed by atoms with Crippen molar-refractivity contribution in [2.75, 3.05) is 19.6 Å². The Bertz CT molecular complexity index is 902. The van der Waals surface area contributed by atoms with Crippen molar-refractivity contribution < 1.29 is 18.8 Å². The Kier molecular flexibility index (Phi) is 6.41. The van der Waals surface area contributed by atoms with Gasteiger partial charge in [0.05, 0.1) is 11.1 Å². The van der Waals surface area contributed by atoms with Crippen LogP contribution in [-0.2, 0) is 6.42 Å². The second-order valence-corrected chi connectivity index (χ2v) is 7.28. The zero-order valence-corrected chi connectivity index (χ0v) is 16.6. The van der Waals surface area contributed by atoms with E-state index in [4.69, 9.17) is 0 Å². The largest absolute Gasteiger partial charge is 0.338 e. The van der Waals surface area contributed by atoms with Crippen molar-refractivity contribution in [3.05, 3.63) is 69.4 Å². The van der Waals surface area contributed by atoms with Gasteiger partial charge in [0.2, 0.25) is 0 Å². The summed E-state index contributed by atoms with van der Waals surface area (Å²) in [4.78, 5) is 37.6. The number of fused-ring (bicyclic) bond motifs is 1. The predicted octanol–water partition coefficient (Wildman–Crippen LogP) is 3.12. The third-order valence-electron chi connectivity index (χ3n) is 4.39. The third kappa shape index (κ3) is 4.75. The highest BCUT2D eigenvalue weighted by Crippen LogP contribution is 2.25. The van der Waals surface area contributed by atoms with Crippen molar-refractivity contribution in [3.8, 4) is 0 Å².